The van der Waals surface area contributed by atoms with E-state index in [-0.39, 0.29) is 15.9 Å². The quantitative estimate of drug-likeness (QED) is 0.798. The lowest BCUT2D eigenvalue weighted by Gasteiger charge is -2.38. The second-order valence-corrected chi connectivity index (χ2v) is 14.5. The third-order valence-corrected chi connectivity index (χ3v) is 10.9. The van der Waals surface area contributed by atoms with Crippen molar-refractivity contribution in [1.82, 2.24) is 0 Å². The minimum absolute atomic E-state index is 0.0451. The average molecular weight is 352 g/mol. The topological polar surface area (TPSA) is 89.6 Å². The highest BCUT2D eigenvalue weighted by atomic mass is 32.2. The highest BCUT2D eigenvalue weighted by molar-refractivity contribution is 7.91. The first-order valence-corrected chi connectivity index (χ1v) is 12.0. The summed E-state index contributed by atoms with van der Waals surface area (Å²) in [5.41, 5.74) is -0.732. The molecule has 3 N–H and O–H groups in total. The van der Waals surface area contributed by atoms with Crippen molar-refractivity contribution < 1.29 is 18.0 Å². The van der Waals surface area contributed by atoms with E-state index in [1.54, 1.807) is 12.3 Å². The summed E-state index contributed by atoms with van der Waals surface area (Å²) >= 11 is 1.01. The van der Waals surface area contributed by atoms with Gasteiger partial charge in [0.1, 0.15) is 9.81 Å². The Bertz CT molecular complexity index is 600. The molecule has 0 aliphatic heterocycles. The molecule has 0 saturated heterocycles. The molecule has 0 aliphatic rings. The molecule has 8 heteroatoms. The Kier molecular flexibility index (Phi) is 5.14. The van der Waals surface area contributed by atoms with Gasteiger partial charge in [-0.15, -0.1) is 11.3 Å². The largest absolute Gasteiger partial charge is 0.414 e. The molecule has 1 aromatic rings. The minimum atomic E-state index is -3.73. The summed E-state index contributed by atoms with van der Waals surface area (Å²) in [5.74, 6) is 0. The highest BCUT2D eigenvalue weighted by Gasteiger charge is 2.39. The fourth-order valence-corrected chi connectivity index (χ4v) is 4.18. The summed E-state index contributed by atoms with van der Waals surface area (Å²) in [4.78, 5) is 0. The number of nitrogens with two attached hydrogens (primary N) is 1. The van der Waals surface area contributed by atoms with E-state index in [2.05, 4.69) is 33.9 Å². The van der Waals surface area contributed by atoms with Crippen LogP contribution < -0.4 is 5.14 Å². The number of sulfonamides is 1. The Balaban J connectivity index is 2.90. The molecule has 122 valence electrons. The zero-order valence-corrected chi connectivity index (χ0v) is 16.1. The molecule has 0 aliphatic carbocycles. The molecule has 0 saturated carbocycles. The van der Waals surface area contributed by atoms with Crippen LogP contribution in [0.5, 0.6) is 0 Å². The van der Waals surface area contributed by atoms with Gasteiger partial charge in [0.25, 0.3) is 0 Å². The van der Waals surface area contributed by atoms with E-state index in [0.717, 1.165) is 11.3 Å². The predicted molar refractivity (Wildman–Crippen MR) is 88.4 cm³/mol. The molecule has 21 heavy (non-hydrogen) atoms. The first-order chi connectivity index (χ1) is 9.17. The SMILES string of the molecule is CC(C)(C)[Si](C)(C)OC[C@@](C)(O)c1csc(S(N)(=O)=O)c1. The van der Waals surface area contributed by atoms with Crippen molar-refractivity contribution >= 4 is 29.7 Å². The van der Waals surface area contributed by atoms with Gasteiger partial charge in [0.2, 0.25) is 10.0 Å². The summed E-state index contributed by atoms with van der Waals surface area (Å²) in [6.45, 7) is 12.3. The van der Waals surface area contributed by atoms with Crippen LogP contribution in [0.2, 0.25) is 18.1 Å². The number of hydrogen-bond acceptors (Lipinski definition) is 5. The van der Waals surface area contributed by atoms with Gasteiger partial charge in [0, 0.05) is 0 Å². The van der Waals surface area contributed by atoms with E-state index in [0.29, 0.717) is 5.56 Å². The monoisotopic (exact) mass is 351 g/mol. The molecule has 1 heterocycles. The molecule has 0 bridgehead atoms. The lowest BCUT2D eigenvalue weighted by molar-refractivity contribution is 0.00286. The third kappa shape index (κ3) is 4.61. The molecule has 0 fully saturated rings. The van der Waals surface area contributed by atoms with Gasteiger partial charge < -0.3 is 9.53 Å². The maximum Gasteiger partial charge on any atom is 0.247 e. The van der Waals surface area contributed by atoms with Crippen LogP contribution in [0.4, 0.5) is 0 Å². The molecule has 0 radical (unpaired) electrons. The van der Waals surface area contributed by atoms with Crippen molar-refractivity contribution in [3.63, 3.8) is 0 Å². The summed E-state index contributed by atoms with van der Waals surface area (Å²) in [5, 5.41) is 17.3. The van der Waals surface area contributed by atoms with E-state index < -0.39 is 23.9 Å². The van der Waals surface area contributed by atoms with Crippen LogP contribution in [0.15, 0.2) is 15.7 Å². The van der Waals surface area contributed by atoms with E-state index in [4.69, 9.17) is 9.56 Å². The zero-order valence-electron chi connectivity index (χ0n) is 13.4. The van der Waals surface area contributed by atoms with Crippen LogP contribution in [0.3, 0.4) is 0 Å². The number of thiophene rings is 1. The predicted octanol–water partition coefficient (Wildman–Crippen LogP) is 2.62. The van der Waals surface area contributed by atoms with Crippen LogP contribution in [0, 0.1) is 0 Å². The Labute approximate surface area is 132 Å². The summed E-state index contributed by atoms with van der Waals surface area (Å²) in [7, 11) is -5.71. The fourth-order valence-electron chi connectivity index (χ4n) is 1.37. The molecular formula is C13H25NO4S2Si. The van der Waals surface area contributed by atoms with Crippen LogP contribution >= 0.6 is 11.3 Å². The van der Waals surface area contributed by atoms with E-state index in [9.17, 15) is 13.5 Å². The molecular weight excluding hydrogens is 326 g/mol. The maximum absolute atomic E-state index is 11.3. The van der Waals surface area contributed by atoms with E-state index >= 15 is 0 Å². The molecule has 1 rings (SSSR count). The number of aliphatic hydroxyl groups is 1. The number of primary sulfonamides is 1. The smallest absolute Gasteiger partial charge is 0.247 e. The second kappa shape index (κ2) is 5.75. The van der Waals surface area contributed by atoms with Gasteiger partial charge in [0.05, 0.1) is 6.61 Å². The van der Waals surface area contributed by atoms with Gasteiger partial charge in [-0.1, -0.05) is 20.8 Å². The standard InChI is InChI=1S/C13H25NO4S2Si/c1-12(2,3)21(5,6)18-9-13(4,15)10-7-11(19-8-10)20(14,16)17/h7-8,15H,9H2,1-6H3,(H2,14,16,17)/t13-/m1/s1. The van der Waals surface area contributed by atoms with E-state index in [1.165, 1.54) is 6.07 Å². The molecule has 0 unspecified atom stereocenters. The highest BCUT2D eigenvalue weighted by Crippen LogP contribution is 2.38. The van der Waals surface area contributed by atoms with Crippen LogP contribution in [0.1, 0.15) is 33.3 Å². The van der Waals surface area contributed by atoms with Gasteiger partial charge >= 0.3 is 0 Å². The van der Waals surface area contributed by atoms with Crippen molar-refractivity contribution in [3.05, 3.63) is 17.0 Å². The molecule has 1 atom stereocenters. The van der Waals surface area contributed by atoms with Gasteiger partial charge in [-0.25, -0.2) is 13.6 Å². The summed E-state index contributed by atoms with van der Waals surface area (Å²) in [6.07, 6.45) is 0. The molecule has 1 aromatic heterocycles. The van der Waals surface area contributed by atoms with Crippen LogP contribution in [-0.4, -0.2) is 28.4 Å². The third-order valence-electron chi connectivity index (χ3n) is 4.00. The van der Waals surface area contributed by atoms with Gasteiger partial charge in [0.15, 0.2) is 8.32 Å². The van der Waals surface area contributed by atoms with Crippen molar-refractivity contribution in [2.24, 2.45) is 5.14 Å². The average Bonchev–Trinajstić information content (AvgIpc) is 2.74. The van der Waals surface area contributed by atoms with E-state index in [1.807, 2.05) is 0 Å². The summed E-state index contributed by atoms with van der Waals surface area (Å²) in [6, 6.07) is 1.41. The lowest BCUT2D eigenvalue weighted by Crippen LogP contribution is -2.44. The fraction of sp³-hybridized carbons (Fsp3) is 0.692. The molecule has 0 aromatic carbocycles. The zero-order chi connectivity index (χ0) is 16.7. The lowest BCUT2D eigenvalue weighted by atomic mass is 10.0. The first kappa shape index (κ1) is 18.8. The summed E-state index contributed by atoms with van der Waals surface area (Å²) < 4.78 is 28.7. The van der Waals surface area contributed by atoms with Crippen molar-refractivity contribution in [2.75, 3.05) is 6.61 Å². The van der Waals surface area contributed by atoms with Gasteiger partial charge in [-0.3, -0.25) is 0 Å². The number of hydrogen-bond donors (Lipinski definition) is 2. The second-order valence-electron chi connectivity index (χ2n) is 7.02. The molecule has 0 amide bonds. The van der Waals surface area contributed by atoms with Crippen molar-refractivity contribution in [3.8, 4) is 0 Å². The van der Waals surface area contributed by atoms with Gasteiger partial charge in [-0.2, -0.15) is 0 Å². The first-order valence-electron chi connectivity index (χ1n) is 6.65. The Morgan fingerprint density at radius 2 is 1.86 bits per heavy atom. The Morgan fingerprint density at radius 3 is 2.24 bits per heavy atom. The minimum Gasteiger partial charge on any atom is -0.414 e. The molecule has 0 spiro atoms. The number of rotatable bonds is 5. The Hall–Kier alpha value is -0.253. The van der Waals surface area contributed by atoms with Crippen molar-refractivity contribution in [1.29, 1.82) is 0 Å². The maximum atomic E-state index is 11.3. The van der Waals surface area contributed by atoms with Gasteiger partial charge in [-0.05, 0) is 42.1 Å². The Morgan fingerprint density at radius 1 is 1.33 bits per heavy atom. The van der Waals surface area contributed by atoms with Crippen LogP contribution in [-0.2, 0) is 20.1 Å². The normalized spacial score (nSPS) is 16.8. The molecule has 5 nitrogen and oxygen atoms in total. The van der Waals surface area contributed by atoms with Crippen LogP contribution in [0.25, 0.3) is 0 Å². The van der Waals surface area contributed by atoms with Crippen molar-refractivity contribution in [2.45, 2.75) is 55.6 Å².